The summed E-state index contributed by atoms with van der Waals surface area (Å²) in [6.45, 7) is 7.21. The molecule has 2 aliphatic heterocycles. The topological polar surface area (TPSA) is 67.7 Å². The summed E-state index contributed by atoms with van der Waals surface area (Å²) >= 11 is 0. The van der Waals surface area contributed by atoms with Crippen molar-refractivity contribution in [1.29, 1.82) is 0 Å². The molecule has 148 valence electrons. The summed E-state index contributed by atoms with van der Waals surface area (Å²) in [6.07, 6.45) is 7.87. The summed E-state index contributed by atoms with van der Waals surface area (Å²) < 4.78 is 8.53. The zero-order valence-corrected chi connectivity index (χ0v) is 16.4. The van der Waals surface area contributed by atoms with Gasteiger partial charge in [0.1, 0.15) is 11.4 Å². The number of ether oxygens (including phenoxy) is 1. The number of rotatable bonds is 4. The van der Waals surface area contributed by atoms with Gasteiger partial charge in [-0.1, -0.05) is 6.42 Å². The summed E-state index contributed by atoms with van der Waals surface area (Å²) in [5.41, 5.74) is -0.564. The molecule has 3 aliphatic rings. The summed E-state index contributed by atoms with van der Waals surface area (Å²) in [5, 5.41) is 0. The highest BCUT2D eigenvalue weighted by molar-refractivity contribution is 5.81. The van der Waals surface area contributed by atoms with Gasteiger partial charge in [-0.3, -0.25) is 9.59 Å². The molecule has 1 aliphatic carbocycles. The molecule has 1 atom stereocenters. The van der Waals surface area contributed by atoms with Gasteiger partial charge in [-0.25, -0.2) is 4.98 Å². The maximum absolute atomic E-state index is 12.9. The van der Waals surface area contributed by atoms with Crippen LogP contribution >= 0.6 is 0 Å². The average molecular weight is 374 g/mol. The molecule has 0 N–H and O–H groups in total. The van der Waals surface area contributed by atoms with Crippen molar-refractivity contribution >= 4 is 11.8 Å². The summed E-state index contributed by atoms with van der Waals surface area (Å²) in [7, 11) is 0. The van der Waals surface area contributed by atoms with Crippen LogP contribution in [0.3, 0.4) is 0 Å². The van der Waals surface area contributed by atoms with Crippen molar-refractivity contribution in [3.8, 4) is 0 Å². The molecule has 1 aromatic rings. The molecule has 7 nitrogen and oxygen atoms in total. The number of hydrogen-bond donors (Lipinski definition) is 0. The van der Waals surface area contributed by atoms with E-state index in [1.807, 2.05) is 29.8 Å². The molecule has 1 aromatic heterocycles. The number of carbonyl (C=O) groups is 2. The minimum absolute atomic E-state index is 0.0479. The van der Waals surface area contributed by atoms with E-state index < -0.39 is 11.7 Å². The lowest BCUT2D eigenvalue weighted by Gasteiger charge is -2.46. The standard InChI is InChI=1S/C20H30N4O3/c1-3-22(4-2)18(26)16-14-24-13-10-21-19(24)20(27-16)8-11-23(12-9-20)17(25)15-6-5-7-15/h10,13,15-16H,3-9,11-12,14H2,1-2H3/t16-/m0/s1. The number of carbonyl (C=O) groups excluding carboxylic acids is 2. The predicted molar refractivity (Wildman–Crippen MR) is 99.9 cm³/mol. The average Bonchev–Trinajstić information content (AvgIpc) is 3.11. The highest BCUT2D eigenvalue weighted by Gasteiger charge is 2.48. The van der Waals surface area contributed by atoms with Crippen LogP contribution in [0.15, 0.2) is 12.4 Å². The normalized spacial score (nSPS) is 24.4. The van der Waals surface area contributed by atoms with Gasteiger partial charge in [0.05, 0.1) is 6.54 Å². The van der Waals surface area contributed by atoms with E-state index in [-0.39, 0.29) is 11.8 Å². The van der Waals surface area contributed by atoms with Crippen LogP contribution in [0.1, 0.15) is 51.8 Å². The van der Waals surface area contributed by atoms with Gasteiger partial charge >= 0.3 is 0 Å². The zero-order chi connectivity index (χ0) is 19.0. The van der Waals surface area contributed by atoms with Crippen LogP contribution in [0.5, 0.6) is 0 Å². The van der Waals surface area contributed by atoms with E-state index in [1.165, 1.54) is 6.42 Å². The van der Waals surface area contributed by atoms with Crippen LogP contribution < -0.4 is 0 Å². The molecule has 2 amide bonds. The van der Waals surface area contributed by atoms with E-state index >= 15 is 0 Å². The predicted octanol–water partition coefficient (Wildman–Crippen LogP) is 1.77. The molecule has 2 fully saturated rings. The number of amides is 2. The van der Waals surface area contributed by atoms with E-state index in [0.717, 1.165) is 18.7 Å². The molecule has 4 rings (SSSR count). The molecule has 0 radical (unpaired) electrons. The summed E-state index contributed by atoms with van der Waals surface area (Å²) in [4.78, 5) is 33.9. The molecule has 7 heteroatoms. The van der Waals surface area contributed by atoms with Crippen molar-refractivity contribution in [3.63, 3.8) is 0 Å². The van der Waals surface area contributed by atoms with Crippen LogP contribution in [0.2, 0.25) is 0 Å². The van der Waals surface area contributed by atoms with E-state index in [2.05, 4.69) is 9.55 Å². The van der Waals surface area contributed by atoms with Crippen LogP contribution in [0.25, 0.3) is 0 Å². The fourth-order valence-corrected chi connectivity index (χ4v) is 4.61. The zero-order valence-electron chi connectivity index (χ0n) is 16.4. The second-order valence-electron chi connectivity index (χ2n) is 7.97. The van der Waals surface area contributed by atoms with Gasteiger partial charge in [-0.15, -0.1) is 0 Å². The highest BCUT2D eigenvalue weighted by atomic mass is 16.5. The maximum atomic E-state index is 12.9. The largest absolute Gasteiger partial charge is 0.352 e. The van der Waals surface area contributed by atoms with Gasteiger partial charge in [0.25, 0.3) is 5.91 Å². The fourth-order valence-electron chi connectivity index (χ4n) is 4.61. The Labute approximate surface area is 160 Å². The summed E-state index contributed by atoms with van der Waals surface area (Å²) in [6, 6.07) is 0. The van der Waals surface area contributed by atoms with Gasteiger partial charge in [0.15, 0.2) is 6.10 Å². The second-order valence-corrected chi connectivity index (χ2v) is 7.97. The second kappa shape index (κ2) is 7.26. The Bertz CT molecular complexity index is 700. The maximum Gasteiger partial charge on any atom is 0.253 e. The van der Waals surface area contributed by atoms with Crippen molar-refractivity contribution < 1.29 is 14.3 Å². The number of imidazole rings is 1. The fraction of sp³-hybridized carbons (Fsp3) is 0.750. The van der Waals surface area contributed by atoms with E-state index in [0.29, 0.717) is 51.5 Å². The molecular formula is C20H30N4O3. The Morgan fingerprint density at radius 2 is 1.96 bits per heavy atom. The Kier molecular flexibility index (Phi) is 4.97. The Morgan fingerprint density at radius 3 is 2.56 bits per heavy atom. The van der Waals surface area contributed by atoms with E-state index in [1.54, 1.807) is 6.20 Å². The van der Waals surface area contributed by atoms with Crippen molar-refractivity contribution in [2.24, 2.45) is 5.92 Å². The van der Waals surface area contributed by atoms with Gasteiger partial charge in [-0.2, -0.15) is 0 Å². The molecule has 1 saturated carbocycles. The van der Waals surface area contributed by atoms with Crippen LogP contribution in [0, 0.1) is 5.92 Å². The van der Waals surface area contributed by atoms with Gasteiger partial charge in [-0.05, 0) is 26.7 Å². The minimum Gasteiger partial charge on any atom is -0.352 e. The molecule has 1 saturated heterocycles. The van der Waals surface area contributed by atoms with Gasteiger partial charge < -0.3 is 19.1 Å². The number of likely N-dealkylation sites (tertiary alicyclic amines) is 1. The minimum atomic E-state index is -0.564. The number of aromatic nitrogens is 2. The smallest absolute Gasteiger partial charge is 0.253 e. The third kappa shape index (κ3) is 3.16. The monoisotopic (exact) mass is 374 g/mol. The van der Waals surface area contributed by atoms with Crippen molar-refractivity contribution in [3.05, 3.63) is 18.2 Å². The molecule has 0 unspecified atom stereocenters. The van der Waals surface area contributed by atoms with Gasteiger partial charge in [0.2, 0.25) is 5.91 Å². The first-order valence-electron chi connectivity index (χ1n) is 10.3. The van der Waals surface area contributed by atoms with Crippen molar-refractivity contribution in [2.75, 3.05) is 26.2 Å². The van der Waals surface area contributed by atoms with Crippen LogP contribution in [-0.4, -0.2) is 63.4 Å². The Balaban J connectivity index is 1.51. The Hall–Kier alpha value is -1.89. The first kappa shape index (κ1) is 18.5. The van der Waals surface area contributed by atoms with E-state index in [4.69, 9.17) is 4.74 Å². The third-order valence-electron chi connectivity index (χ3n) is 6.54. The number of likely N-dealkylation sites (N-methyl/N-ethyl adjacent to an activating group) is 1. The highest BCUT2D eigenvalue weighted by Crippen LogP contribution is 2.41. The van der Waals surface area contributed by atoms with Crippen molar-refractivity contribution in [2.45, 2.75) is 64.2 Å². The molecule has 27 heavy (non-hydrogen) atoms. The van der Waals surface area contributed by atoms with Crippen LogP contribution in [0.4, 0.5) is 0 Å². The molecule has 3 heterocycles. The molecule has 1 spiro atoms. The quantitative estimate of drug-likeness (QED) is 0.806. The van der Waals surface area contributed by atoms with E-state index in [9.17, 15) is 9.59 Å². The number of hydrogen-bond acceptors (Lipinski definition) is 4. The van der Waals surface area contributed by atoms with Gasteiger partial charge in [0, 0.05) is 57.3 Å². The number of nitrogens with zero attached hydrogens (tertiary/aromatic N) is 4. The first-order valence-corrected chi connectivity index (χ1v) is 10.3. The van der Waals surface area contributed by atoms with Crippen molar-refractivity contribution in [1.82, 2.24) is 19.4 Å². The number of piperidine rings is 1. The SMILES string of the molecule is CCN(CC)C(=O)[C@@H]1Cn2ccnc2C2(CCN(C(=O)C3CCC3)CC2)O1. The summed E-state index contributed by atoms with van der Waals surface area (Å²) in [5.74, 6) is 1.48. The molecule has 0 aromatic carbocycles. The van der Waals surface area contributed by atoms with Crippen LogP contribution in [-0.2, 0) is 26.5 Å². The lowest BCUT2D eigenvalue weighted by Crippen LogP contribution is -2.55. The molecular weight excluding hydrogens is 344 g/mol. The lowest BCUT2D eigenvalue weighted by molar-refractivity contribution is -0.183. The third-order valence-corrected chi connectivity index (χ3v) is 6.54. The molecule has 0 bridgehead atoms. The lowest BCUT2D eigenvalue weighted by atomic mass is 9.82. The first-order chi connectivity index (χ1) is 13.1. The number of fused-ring (bicyclic) bond motifs is 2. The Morgan fingerprint density at radius 1 is 1.26 bits per heavy atom.